The van der Waals surface area contributed by atoms with Crippen LogP contribution >= 0.6 is 55.0 Å². The van der Waals surface area contributed by atoms with Gasteiger partial charge in [0.2, 0.25) is 0 Å². The highest BCUT2D eigenvalue weighted by Crippen LogP contribution is 2.32. The molecule has 0 unspecified atom stereocenters. The van der Waals surface area contributed by atoms with Crippen LogP contribution in [0.4, 0.5) is 5.69 Å². The number of rotatable bonds is 4. The standard InChI is InChI=1S/C12H11Br2NS2/c1-16-9-4-2-8(3-5-9)15-7-10-6-11(13)12(14)17-10/h2-6,15H,7H2,1H3. The topological polar surface area (TPSA) is 12.0 Å². The van der Waals surface area contributed by atoms with Gasteiger partial charge in [-0.25, -0.2) is 0 Å². The third kappa shape index (κ3) is 3.74. The molecule has 0 aliphatic rings. The molecule has 1 heterocycles. The van der Waals surface area contributed by atoms with E-state index in [0.29, 0.717) is 0 Å². The van der Waals surface area contributed by atoms with E-state index >= 15 is 0 Å². The minimum Gasteiger partial charge on any atom is -0.380 e. The molecule has 0 spiro atoms. The molecule has 90 valence electrons. The molecule has 0 aliphatic heterocycles. The molecule has 0 amide bonds. The maximum atomic E-state index is 3.50. The normalized spacial score (nSPS) is 10.5. The first-order chi connectivity index (χ1) is 8.19. The van der Waals surface area contributed by atoms with Crippen LogP contribution in [0.25, 0.3) is 0 Å². The Morgan fingerprint density at radius 2 is 1.94 bits per heavy atom. The van der Waals surface area contributed by atoms with Gasteiger partial charge in [0, 0.05) is 26.5 Å². The number of halogens is 2. The van der Waals surface area contributed by atoms with E-state index in [-0.39, 0.29) is 0 Å². The lowest BCUT2D eigenvalue weighted by molar-refractivity contribution is 1.19. The Kier molecular flexibility index (Phi) is 4.97. The molecule has 0 fully saturated rings. The van der Waals surface area contributed by atoms with E-state index in [9.17, 15) is 0 Å². The summed E-state index contributed by atoms with van der Waals surface area (Å²) >= 11 is 10.5. The molecule has 2 rings (SSSR count). The van der Waals surface area contributed by atoms with Crippen LogP contribution in [-0.2, 0) is 6.54 Å². The number of nitrogens with one attached hydrogen (secondary N) is 1. The third-order valence-electron chi connectivity index (χ3n) is 2.25. The van der Waals surface area contributed by atoms with Crippen LogP contribution in [-0.4, -0.2) is 6.26 Å². The van der Waals surface area contributed by atoms with Gasteiger partial charge in [-0.05, 0) is 68.4 Å². The molecular formula is C12H11Br2NS2. The van der Waals surface area contributed by atoms with Crippen LogP contribution < -0.4 is 5.32 Å². The highest BCUT2D eigenvalue weighted by atomic mass is 79.9. The highest BCUT2D eigenvalue weighted by molar-refractivity contribution is 9.13. The number of thiophene rings is 1. The van der Waals surface area contributed by atoms with E-state index in [0.717, 1.165) is 20.5 Å². The summed E-state index contributed by atoms with van der Waals surface area (Å²) in [6.45, 7) is 0.855. The summed E-state index contributed by atoms with van der Waals surface area (Å²) < 4.78 is 2.27. The summed E-state index contributed by atoms with van der Waals surface area (Å²) in [5.74, 6) is 0. The SMILES string of the molecule is CSc1ccc(NCc2cc(Br)c(Br)s2)cc1. The Morgan fingerprint density at radius 3 is 2.47 bits per heavy atom. The van der Waals surface area contributed by atoms with E-state index in [4.69, 9.17) is 0 Å². The first-order valence-corrected chi connectivity index (χ1v) is 8.63. The lowest BCUT2D eigenvalue weighted by Crippen LogP contribution is -1.96. The van der Waals surface area contributed by atoms with Gasteiger partial charge in [-0.3, -0.25) is 0 Å². The van der Waals surface area contributed by atoms with Crippen molar-refractivity contribution in [3.63, 3.8) is 0 Å². The molecule has 1 aromatic heterocycles. The molecule has 0 saturated carbocycles. The van der Waals surface area contributed by atoms with Gasteiger partial charge in [0.15, 0.2) is 0 Å². The second-order valence-corrected chi connectivity index (χ2v) is 7.61. The first kappa shape index (κ1) is 13.5. The number of hydrogen-bond donors (Lipinski definition) is 1. The van der Waals surface area contributed by atoms with Crippen LogP contribution in [0.15, 0.2) is 43.5 Å². The molecule has 1 nitrogen and oxygen atoms in total. The molecule has 0 bridgehead atoms. The molecule has 0 saturated heterocycles. The Labute approximate surface area is 126 Å². The zero-order valence-electron chi connectivity index (χ0n) is 9.17. The fourth-order valence-corrected chi connectivity index (χ4v) is 3.90. The predicted molar refractivity (Wildman–Crippen MR) is 85.3 cm³/mol. The predicted octanol–water partition coefficient (Wildman–Crippen LogP) is 5.61. The van der Waals surface area contributed by atoms with E-state index in [1.807, 2.05) is 0 Å². The molecule has 17 heavy (non-hydrogen) atoms. The summed E-state index contributed by atoms with van der Waals surface area (Å²) in [5.41, 5.74) is 1.16. The number of benzene rings is 1. The fraction of sp³-hybridized carbons (Fsp3) is 0.167. The van der Waals surface area contributed by atoms with Crippen molar-refractivity contribution in [1.82, 2.24) is 0 Å². The van der Waals surface area contributed by atoms with Gasteiger partial charge in [-0.15, -0.1) is 23.1 Å². The van der Waals surface area contributed by atoms with Crippen molar-refractivity contribution in [3.8, 4) is 0 Å². The number of hydrogen-bond acceptors (Lipinski definition) is 3. The quantitative estimate of drug-likeness (QED) is 0.678. The van der Waals surface area contributed by atoms with Gasteiger partial charge in [-0.1, -0.05) is 0 Å². The Morgan fingerprint density at radius 1 is 1.24 bits per heavy atom. The maximum Gasteiger partial charge on any atom is 0.0843 e. The highest BCUT2D eigenvalue weighted by Gasteiger charge is 2.03. The molecule has 0 radical (unpaired) electrons. The van der Waals surface area contributed by atoms with Gasteiger partial charge < -0.3 is 5.32 Å². The molecular weight excluding hydrogens is 382 g/mol. The molecule has 1 aromatic carbocycles. The molecule has 0 aliphatic carbocycles. The average Bonchev–Trinajstić information content (AvgIpc) is 2.67. The van der Waals surface area contributed by atoms with E-state index in [1.54, 1.807) is 23.1 Å². The van der Waals surface area contributed by atoms with Crippen molar-refractivity contribution in [1.29, 1.82) is 0 Å². The summed E-state index contributed by atoms with van der Waals surface area (Å²) in [6.07, 6.45) is 2.09. The number of thioether (sulfide) groups is 1. The van der Waals surface area contributed by atoms with Crippen molar-refractivity contribution in [2.75, 3.05) is 11.6 Å². The van der Waals surface area contributed by atoms with Crippen LogP contribution in [0.1, 0.15) is 4.88 Å². The smallest absolute Gasteiger partial charge is 0.0843 e. The van der Waals surface area contributed by atoms with E-state index in [1.165, 1.54) is 9.77 Å². The first-order valence-electron chi connectivity index (χ1n) is 5.00. The zero-order chi connectivity index (χ0) is 12.3. The van der Waals surface area contributed by atoms with Gasteiger partial charge in [0.1, 0.15) is 0 Å². The molecule has 5 heteroatoms. The second-order valence-electron chi connectivity index (χ2n) is 3.42. The third-order valence-corrected chi connectivity index (χ3v) is 6.25. The zero-order valence-corrected chi connectivity index (χ0v) is 14.0. The fourth-order valence-electron chi connectivity index (χ4n) is 1.38. The van der Waals surface area contributed by atoms with E-state index < -0.39 is 0 Å². The van der Waals surface area contributed by atoms with Crippen molar-refractivity contribution in [3.05, 3.63) is 43.5 Å². The van der Waals surface area contributed by atoms with Crippen LogP contribution in [0, 0.1) is 0 Å². The van der Waals surface area contributed by atoms with Gasteiger partial charge in [0.05, 0.1) is 3.79 Å². The van der Waals surface area contributed by atoms with Crippen molar-refractivity contribution in [2.45, 2.75) is 11.4 Å². The lowest BCUT2D eigenvalue weighted by Gasteiger charge is -2.05. The summed E-state index contributed by atoms with van der Waals surface area (Å²) in [6, 6.07) is 10.6. The van der Waals surface area contributed by atoms with Crippen molar-refractivity contribution < 1.29 is 0 Å². The minimum atomic E-state index is 0.855. The molecule has 0 atom stereocenters. The van der Waals surface area contributed by atoms with Gasteiger partial charge >= 0.3 is 0 Å². The van der Waals surface area contributed by atoms with Crippen molar-refractivity contribution >= 4 is 60.6 Å². The maximum absolute atomic E-state index is 3.50. The van der Waals surface area contributed by atoms with Crippen LogP contribution in [0.3, 0.4) is 0 Å². The monoisotopic (exact) mass is 391 g/mol. The molecule has 1 N–H and O–H groups in total. The lowest BCUT2D eigenvalue weighted by atomic mass is 10.3. The van der Waals surface area contributed by atoms with Crippen molar-refractivity contribution in [2.24, 2.45) is 0 Å². The van der Waals surface area contributed by atoms with Crippen LogP contribution in [0.5, 0.6) is 0 Å². The van der Waals surface area contributed by atoms with Gasteiger partial charge in [0.25, 0.3) is 0 Å². The molecule has 2 aromatic rings. The van der Waals surface area contributed by atoms with E-state index in [2.05, 4.69) is 73.8 Å². The largest absolute Gasteiger partial charge is 0.380 e. The summed E-state index contributed by atoms with van der Waals surface area (Å²) in [7, 11) is 0. The minimum absolute atomic E-state index is 0.855. The summed E-state index contributed by atoms with van der Waals surface area (Å²) in [4.78, 5) is 2.59. The average molecular weight is 393 g/mol. The second kappa shape index (κ2) is 6.27. The summed E-state index contributed by atoms with van der Waals surface area (Å²) in [5, 5.41) is 3.41. The Hall–Kier alpha value is 0.0300. The van der Waals surface area contributed by atoms with Crippen LogP contribution in [0.2, 0.25) is 0 Å². The Balaban J connectivity index is 1.97. The van der Waals surface area contributed by atoms with Gasteiger partial charge in [-0.2, -0.15) is 0 Å². The Bertz CT molecular complexity index is 474. The number of anilines is 1.